The van der Waals surface area contributed by atoms with Crippen molar-refractivity contribution >= 4 is 5.71 Å². The summed E-state index contributed by atoms with van der Waals surface area (Å²) in [5.41, 5.74) is 2.48. The molecule has 0 radical (unpaired) electrons. The van der Waals surface area contributed by atoms with E-state index >= 15 is 0 Å². The maximum Gasteiger partial charge on any atom is 0.203 e. The lowest BCUT2D eigenvalue weighted by atomic mass is 10.0. The Morgan fingerprint density at radius 3 is 2.27 bits per heavy atom. The van der Waals surface area contributed by atoms with Gasteiger partial charge in [0.05, 0.1) is 39.7 Å². The van der Waals surface area contributed by atoms with E-state index in [1.165, 1.54) is 0 Å². The molecule has 0 saturated carbocycles. The number of hydrogen-bond donors (Lipinski definition) is 2. The Balaban J connectivity index is 1.88. The highest BCUT2D eigenvalue weighted by molar-refractivity contribution is 6.05. The van der Waals surface area contributed by atoms with Crippen LogP contribution in [0.3, 0.4) is 0 Å². The number of rotatable bonds is 6. The molecule has 3 N–H and O–H groups in total. The average Bonchev–Trinajstić information content (AvgIpc) is 3.18. The van der Waals surface area contributed by atoms with E-state index in [1.54, 1.807) is 21.3 Å². The van der Waals surface area contributed by atoms with Crippen LogP contribution < -0.4 is 25.4 Å². The molecule has 1 heterocycles. The molecule has 0 aliphatic carbocycles. The molecule has 1 aliphatic heterocycles. The second-order valence-corrected chi connectivity index (χ2v) is 5.77. The number of methoxy groups -OCH3 is 3. The molecule has 1 aliphatic rings. The van der Waals surface area contributed by atoms with Gasteiger partial charge in [0.25, 0.3) is 0 Å². The van der Waals surface area contributed by atoms with E-state index < -0.39 is 0 Å². The number of hydrazone groups is 1. The van der Waals surface area contributed by atoms with Crippen LogP contribution in [-0.2, 0) is 4.74 Å². The van der Waals surface area contributed by atoms with Crippen LogP contribution >= 0.6 is 0 Å². The van der Waals surface area contributed by atoms with Crippen molar-refractivity contribution in [1.82, 2.24) is 5.32 Å². The minimum absolute atomic E-state index is 0.159. The van der Waals surface area contributed by atoms with Gasteiger partial charge in [-0.2, -0.15) is 5.10 Å². The van der Waals surface area contributed by atoms with Gasteiger partial charge in [0.15, 0.2) is 11.5 Å². The Morgan fingerprint density at radius 1 is 1.08 bits per heavy atom. The first-order valence-electron chi connectivity index (χ1n) is 8.22. The van der Waals surface area contributed by atoms with Crippen LogP contribution in [0.2, 0.25) is 0 Å². The Hall–Kier alpha value is -2.77. The first kappa shape index (κ1) is 18.0. The molecule has 2 unspecified atom stereocenters. The highest BCUT2D eigenvalue weighted by Gasteiger charge is 2.31. The molecule has 7 heteroatoms. The van der Waals surface area contributed by atoms with Crippen LogP contribution in [0.4, 0.5) is 0 Å². The second-order valence-electron chi connectivity index (χ2n) is 5.77. The molecule has 2 aromatic carbocycles. The zero-order valence-electron chi connectivity index (χ0n) is 15.1. The van der Waals surface area contributed by atoms with Crippen molar-refractivity contribution in [2.45, 2.75) is 12.3 Å². The van der Waals surface area contributed by atoms with Crippen LogP contribution in [0.15, 0.2) is 47.6 Å². The second kappa shape index (κ2) is 8.07. The van der Waals surface area contributed by atoms with E-state index in [1.807, 2.05) is 42.5 Å². The Labute approximate surface area is 152 Å². The van der Waals surface area contributed by atoms with Crippen molar-refractivity contribution in [3.05, 3.63) is 53.6 Å². The molecule has 26 heavy (non-hydrogen) atoms. The van der Waals surface area contributed by atoms with Gasteiger partial charge >= 0.3 is 0 Å². The molecular formula is C19H23N3O4. The summed E-state index contributed by atoms with van der Waals surface area (Å²) in [6, 6.07) is 13.4. The third-order valence-corrected chi connectivity index (χ3v) is 4.31. The molecule has 138 valence electrons. The van der Waals surface area contributed by atoms with E-state index in [0.717, 1.165) is 11.1 Å². The predicted octanol–water partition coefficient (Wildman–Crippen LogP) is 2.06. The van der Waals surface area contributed by atoms with E-state index in [-0.39, 0.29) is 12.3 Å². The largest absolute Gasteiger partial charge is 0.493 e. The predicted molar refractivity (Wildman–Crippen MR) is 98.9 cm³/mol. The summed E-state index contributed by atoms with van der Waals surface area (Å²) in [6.45, 7) is 0.451. The van der Waals surface area contributed by atoms with Crippen LogP contribution in [0.25, 0.3) is 0 Å². The topological polar surface area (TPSA) is 87.3 Å². The maximum absolute atomic E-state index is 5.88. The first-order valence-corrected chi connectivity index (χ1v) is 8.22. The lowest BCUT2D eigenvalue weighted by molar-refractivity contribution is 0.101. The highest BCUT2D eigenvalue weighted by Crippen LogP contribution is 2.38. The van der Waals surface area contributed by atoms with Gasteiger partial charge in [-0.1, -0.05) is 30.3 Å². The lowest BCUT2D eigenvalue weighted by Crippen LogP contribution is -2.35. The van der Waals surface area contributed by atoms with Crippen LogP contribution in [-0.4, -0.2) is 39.7 Å². The SMILES string of the molecule is COc1cc(C(=NN)C2COC(c3ccccc3)N2)cc(OC)c1OC. The van der Waals surface area contributed by atoms with E-state index in [0.29, 0.717) is 29.6 Å². The Kier molecular flexibility index (Phi) is 5.60. The summed E-state index contributed by atoms with van der Waals surface area (Å²) in [4.78, 5) is 0. The minimum atomic E-state index is -0.208. The smallest absolute Gasteiger partial charge is 0.203 e. The van der Waals surface area contributed by atoms with Gasteiger partial charge < -0.3 is 24.8 Å². The number of benzene rings is 2. The number of nitrogens with zero attached hydrogens (tertiary/aromatic N) is 1. The molecule has 0 bridgehead atoms. The summed E-state index contributed by atoms with van der Waals surface area (Å²) in [7, 11) is 4.71. The van der Waals surface area contributed by atoms with Crippen molar-refractivity contribution in [3.8, 4) is 17.2 Å². The molecule has 2 atom stereocenters. The molecular weight excluding hydrogens is 334 g/mol. The fourth-order valence-electron chi connectivity index (χ4n) is 3.04. The van der Waals surface area contributed by atoms with Gasteiger partial charge in [-0.15, -0.1) is 0 Å². The standard InChI is InChI=1S/C19H23N3O4/c1-23-15-9-13(10-16(24-2)18(15)25-3)17(22-20)14-11-26-19(21-14)12-7-5-4-6-8-12/h4-10,14,19,21H,11,20H2,1-3H3. The third kappa shape index (κ3) is 3.44. The zero-order valence-corrected chi connectivity index (χ0v) is 15.1. The molecule has 0 aromatic heterocycles. The Morgan fingerprint density at radius 2 is 1.73 bits per heavy atom. The van der Waals surface area contributed by atoms with Crippen molar-refractivity contribution < 1.29 is 18.9 Å². The zero-order chi connectivity index (χ0) is 18.5. The summed E-state index contributed by atoms with van der Waals surface area (Å²) in [5.74, 6) is 7.31. The average molecular weight is 357 g/mol. The summed E-state index contributed by atoms with van der Waals surface area (Å²) < 4.78 is 22.1. The number of nitrogens with one attached hydrogen (secondary N) is 1. The van der Waals surface area contributed by atoms with Gasteiger partial charge in [-0.3, -0.25) is 5.32 Å². The van der Waals surface area contributed by atoms with Gasteiger partial charge in [-0.05, 0) is 17.7 Å². The fraction of sp³-hybridized carbons (Fsp3) is 0.316. The third-order valence-electron chi connectivity index (χ3n) is 4.31. The maximum atomic E-state index is 5.88. The molecule has 7 nitrogen and oxygen atoms in total. The first-order chi connectivity index (χ1) is 12.7. The number of hydrogen-bond acceptors (Lipinski definition) is 7. The van der Waals surface area contributed by atoms with Crippen molar-refractivity contribution in [2.24, 2.45) is 10.9 Å². The fourth-order valence-corrected chi connectivity index (χ4v) is 3.04. The summed E-state index contributed by atoms with van der Waals surface area (Å²) >= 11 is 0. The summed E-state index contributed by atoms with van der Waals surface area (Å²) in [5, 5.41) is 7.41. The summed E-state index contributed by atoms with van der Waals surface area (Å²) in [6.07, 6.45) is -0.208. The lowest BCUT2D eigenvalue weighted by Gasteiger charge is -2.17. The molecule has 3 rings (SSSR count). The van der Waals surface area contributed by atoms with Gasteiger partial charge in [0.2, 0.25) is 5.75 Å². The molecule has 0 spiro atoms. The molecule has 1 fully saturated rings. The van der Waals surface area contributed by atoms with Crippen molar-refractivity contribution in [1.29, 1.82) is 0 Å². The normalized spacial score (nSPS) is 20.0. The number of nitrogens with two attached hydrogens (primary N) is 1. The monoisotopic (exact) mass is 357 g/mol. The van der Waals surface area contributed by atoms with Gasteiger partial charge in [0, 0.05) is 5.56 Å². The molecule has 0 amide bonds. The van der Waals surface area contributed by atoms with Crippen LogP contribution in [0, 0.1) is 0 Å². The van der Waals surface area contributed by atoms with Crippen LogP contribution in [0.1, 0.15) is 17.4 Å². The van der Waals surface area contributed by atoms with Crippen LogP contribution in [0.5, 0.6) is 17.2 Å². The van der Waals surface area contributed by atoms with E-state index in [9.17, 15) is 0 Å². The van der Waals surface area contributed by atoms with E-state index in [4.69, 9.17) is 24.8 Å². The van der Waals surface area contributed by atoms with Gasteiger partial charge in [-0.25, -0.2) is 0 Å². The molecule has 1 saturated heterocycles. The van der Waals surface area contributed by atoms with E-state index in [2.05, 4.69) is 10.4 Å². The molecule has 2 aromatic rings. The Bertz CT molecular complexity index is 755. The quantitative estimate of drug-likeness (QED) is 0.467. The van der Waals surface area contributed by atoms with Crippen molar-refractivity contribution in [3.63, 3.8) is 0 Å². The van der Waals surface area contributed by atoms with Crippen molar-refractivity contribution in [2.75, 3.05) is 27.9 Å². The number of ether oxygens (including phenoxy) is 4. The van der Waals surface area contributed by atoms with Gasteiger partial charge in [0.1, 0.15) is 6.23 Å². The minimum Gasteiger partial charge on any atom is -0.493 e. The highest BCUT2D eigenvalue weighted by atomic mass is 16.5.